The van der Waals surface area contributed by atoms with E-state index in [4.69, 9.17) is 9.52 Å². The highest BCUT2D eigenvalue weighted by Gasteiger charge is 2.38. The van der Waals surface area contributed by atoms with Gasteiger partial charge in [-0.3, -0.25) is 14.5 Å². The number of rotatable bonds is 7. The van der Waals surface area contributed by atoms with Gasteiger partial charge in [0.05, 0.1) is 35.2 Å². The van der Waals surface area contributed by atoms with Gasteiger partial charge in [0.25, 0.3) is 0 Å². The number of carbonyl (C=O) groups excluding carboxylic acids is 2. The molecule has 0 saturated carbocycles. The summed E-state index contributed by atoms with van der Waals surface area (Å²) in [5.41, 5.74) is 5.12. The molecule has 0 radical (unpaired) electrons. The molecule has 6 rings (SSSR count). The summed E-state index contributed by atoms with van der Waals surface area (Å²) in [6.07, 6.45) is 1.54. The fraction of sp³-hybridized carbons (Fsp3) is 0.156. The summed E-state index contributed by atoms with van der Waals surface area (Å²) in [4.78, 5) is 28.5. The third-order valence-electron chi connectivity index (χ3n) is 7.02. The Morgan fingerprint density at radius 1 is 1.02 bits per heavy atom. The Morgan fingerprint density at radius 3 is 2.51 bits per heavy atom. The van der Waals surface area contributed by atoms with Crippen LogP contribution in [0.3, 0.4) is 0 Å². The summed E-state index contributed by atoms with van der Waals surface area (Å²) >= 11 is 1.51. The van der Waals surface area contributed by atoms with Crippen molar-refractivity contribution in [3.63, 3.8) is 0 Å². The molecule has 2 aromatic heterocycles. The molecule has 3 heterocycles. The first kappa shape index (κ1) is 26.6. The Morgan fingerprint density at radius 2 is 1.78 bits per heavy atom. The summed E-state index contributed by atoms with van der Waals surface area (Å²) < 4.78 is 21.0. The molecule has 0 fully saturated rings. The molecular formula is C32H27FN4O3S. The van der Waals surface area contributed by atoms with E-state index in [1.54, 1.807) is 35.2 Å². The quantitative estimate of drug-likeness (QED) is 0.259. The van der Waals surface area contributed by atoms with Crippen LogP contribution in [-0.4, -0.2) is 33.9 Å². The van der Waals surface area contributed by atoms with Crippen molar-refractivity contribution in [1.29, 1.82) is 0 Å². The van der Waals surface area contributed by atoms with Crippen LogP contribution in [0.15, 0.2) is 102 Å². The summed E-state index contributed by atoms with van der Waals surface area (Å²) in [6.45, 7) is 2.04. The number of aryl methyl sites for hydroxylation is 1. The highest BCUT2D eigenvalue weighted by Crippen LogP contribution is 2.49. The van der Waals surface area contributed by atoms with Crippen molar-refractivity contribution in [3.8, 4) is 16.9 Å². The maximum absolute atomic E-state index is 14.0. The van der Waals surface area contributed by atoms with Gasteiger partial charge in [-0.25, -0.2) is 9.07 Å². The monoisotopic (exact) mass is 566 g/mol. The molecule has 0 unspecified atom stereocenters. The fourth-order valence-corrected chi connectivity index (χ4v) is 6.31. The van der Waals surface area contributed by atoms with Crippen LogP contribution in [0.2, 0.25) is 0 Å². The van der Waals surface area contributed by atoms with Crippen LogP contribution in [0.25, 0.3) is 16.9 Å². The molecule has 0 bridgehead atoms. The van der Waals surface area contributed by atoms with Gasteiger partial charge in [-0.05, 0) is 54.4 Å². The predicted molar refractivity (Wildman–Crippen MR) is 157 cm³/mol. The van der Waals surface area contributed by atoms with Crippen molar-refractivity contribution < 1.29 is 18.4 Å². The number of nitrogens with one attached hydrogen (secondary N) is 1. The normalized spacial score (nSPS) is 14.9. The average Bonchev–Trinajstić information content (AvgIpc) is 3.62. The minimum absolute atomic E-state index is 0.163. The van der Waals surface area contributed by atoms with Crippen molar-refractivity contribution in [2.45, 2.75) is 18.7 Å². The van der Waals surface area contributed by atoms with Crippen LogP contribution in [0.5, 0.6) is 0 Å². The summed E-state index contributed by atoms with van der Waals surface area (Å²) in [5, 5.41) is 7.64. The van der Waals surface area contributed by atoms with Crippen LogP contribution in [0.1, 0.15) is 27.7 Å². The Kier molecular flexibility index (Phi) is 7.43. The second-order valence-corrected chi connectivity index (χ2v) is 10.8. The van der Waals surface area contributed by atoms with Crippen LogP contribution >= 0.6 is 11.8 Å². The van der Waals surface area contributed by atoms with E-state index in [9.17, 15) is 14.0 Å². The molecule has 1 N–H and O–H groups in total. The number of carbonyl (C=O) groups is 2. The number of aromatic nitrogens is 2. The van der Waals surface area contributed by atoms with Gasteiger partial charge in [-0.1, -0.05) is 54.6 Å². The Labute approximate surface area is 241 Å². The zero-order valence-electron chi connectivity index (χ0n) is 22.3. The van der Waals surface area contributed by atoms with E-state index in [1.165, 1.54) is 28.8 Å². The maximum atomic E-state index is 14.0. The third-order valence-corrected chi connectivity index (χ3v) is 8.26. The number of anilines is 1. The zero-order chi connectivity index (χ0) is 28.3. The first-order valence-electron chi connectivity index (χ1n) is 13.2. The number of benzene rings is 3. The lowest BCUT2D eigenvalue weighted by atomic mass is 9.97. The Bertz CT molecular complexity index is 1680. The highest BCUT2D eigenvalue weighted by molar-refractivity contribution is 8.00. The van der Waals surface area contributed by atoms with Gasteiger partial charge in [-0.2, -0.15) is 5.10 Å². The molecule has 3 aromatic carbocycles. The summed E-state index contributed by atoms with van der Waals surface area (Å²) in [5.74, 6) is 0.327. The van der Waals surface area contributed by atoms with E-state index in [0.717, 1.165) is 22.3 Å². The molecule has 9 heteroatoms. The van der Waals surface area contributed by atoms with Gasteiger partial charge in [0.1, 0.15) is 23.9 Å². The molecule has 0 spiro atoms. The lowest BCUT2D eigenvalue weighted by Gasteiger charge is -2.23. The molecular weight excluding hydrogens is 539 g/mol. The number of furan rings is 1. The summed E-state index contributed by atoms with van der Waals surface area (Å²) in [7, 11) is 0. The first-order valence-corrected chi connectivity index (χ1v) is 14.3. The Hall–Kier alpha value is -4.63. The fourth-order valence-electron chi connectivity index (χ4n) is 5.02. The number of fused-ring (bicyclic) bond motifs is 1. The van der Waals surface area contributed by atoms with E-state index >= 15 is 0 Å². The number of hydrogen-bond donors (Lipinski definition) is 1. The molecule has 5 aromatic rings. The second kappa shape index (κ2) is 11.5. The number of thioether (sulfide) groups is 1. The SMILES string of the molecule is Cc1ccccc1[C@H]1SCC(=O)N(CC(=O)NCc2ccco2)c2c1c(-c1ccccc1)nn2-c1ccc(F)cc1. The lowest BCUT2D eigenvalue weighted by Crippen LogP contribution is -2.42. The van der Waals surface area contributed by atoms with Crippen molar-refractivity contribution in [2.75, 3.05) is 17.2 Å². The van der Waals surface area contributed by atoms with Gasteiger partial charge in [0, 0.05) is 11.1 Å². The topological polar surface area (TPSA) is 80.4 Å². The lowest BCUT2D eigenvalue weighted by molar-refractivity contribution is -0.123. The highest BCUT2D eigenvalue weighted by atomic mass is 32.2. The largest absolute Gasteiger partial charge is 0.467 e. The summed E-state index contributed by atoms with van der Waals surface area (Å²) in [6, 6.07) is 27.4. The second-order valence-electron chi connectivity index (χ2n) is 9.72. The number of nitrogens with zero attached hydrogens (tertiary/aromatic N) is 3. The van der Waals surface area contributed by atoms with Crippen molar-refractivity contribution >= 4 is 29.4 Å². The van der Waals surface area contributed by atoms with E-state index in [-0.39, 0.29) is 41.7 Å². The number of amides is 2. The van der Waals surface area contributed by atoms with Gasteiger partial charge in [0.15, 0.2) is 0 Å². The minimum atomic E-state index is -0.381. The van der Waals surface area contributed by atoms with E-state index in [2.05, 4.69) is 24.4 Å². The molecule has 1 atom stereocenters. The molecule has 2 amide bonds. The number of halogens is 1. The van der Waals surface area contributed by atoms with E-state index < -0.39 is 0 Å². The molecule has 0 aliphatic carbocycles. The van der Waals surface area contributed by atoms with Crippen molar-refractivity contribution in [3.05, 3.63) is 126 Å². The van der Waals surface area contributed by atoms with E-state index in [1.807, 2.05) is 42.5 Å². The average molecular weight is 567 g/mol. The number of hydrogen-bond acceptors (Lipinski definition) is 5. The maximum Gasteiger partial charge on any atom is 0.240 e. The van der Waals surface area contributed by atoms with Gasteiger partial charge in [0.2, 0.25) is 11.8 Å². The smallest absolute Gasteiger partial charge is 0.240 e. The van der Waals surface area contributed by atoms with Crippen LogP contribution < -0.4 is 10.2 Å². The van der Waals surface area contributed by atoms with Gasteiger partial charge in [-0.15, -0.1) is 11.8 Å². The van der Waals surface area contributed by atoms with Gasteiger partial charge < -0.3 is 9.73 Å². The van der Waals surface area contributed by atoms with Crippen LogP contribution in [0, 0.1) is 12.7 Å². The minimum Gasteiger partial charge on any atom is -0.467 e. The molecule has 1 aliphatic heterocycles. The predicted octanol–water partition coefficient (Wildman–Crippen LogP) is 6.07. The van der Waals surface area contributed by atoms with E-state index in [0.29, 0.717) is 23.0 Å². The van der Waals surface area contributed by atoms with Crippen molar-refractivity contribution in [1.82, 2.24) is 15.1 Å². The molecule has 41 heavy (non-hydrogen) atoms. The molecule has 0 saturated heterocycles. The zero-order valence-corrected chi connectivity index (χ0v) is 23.1. The molecule has 206 valence electrons. The Balaban J connectivity index is 1.54. The molecule has 7 nitrogen and oxygen atoms in total. The van der Waals surface area contributed by atoms with Crippen molar-refractivity contribution in [2.24, 2.45) is 0 Å². The van der Waals surface area contributed by atoms with Gasteiger partial charge >= 0.3 is 0 Å². The standard InChI is InChI=1S/C32H27FN4O3S/c1-21-8-5-6-12-26(21)31-29-30(22-9-3-2-4-10-22)35-37(24-15-13-23(33)14-16-24)32(29)36(28(39)20-41-31)19-27(38)34-18-25-11-7-17-40-25/h2-17,31H,18-20H2,1H3,(H,34,38)/t31-/m1/s1. The van der Waals surface area contributed by atoms with Crippen LogP contribution in [-0.2, 0) is 16.1 Å². The van der Waals surface area contributed by atoms with Crippen LogP contribution in [0.4, 0.5) is 10.2 Å². The molecule has 1 aliphatic rings. The first-order chi connectivity index (χ1) is 20.0. The third kappa shape index (κ3) is 5.40.